The maximum Gasteiger partial charge on any atom is 0.240 e. The Labute approximate surface area is 105 Å². The maximum atomic E-state index is 12.0. The van der Waals surface area contributed by atoms with Crippen molar-refractivity contribution in [3.63, 3.8) is 0 Å². The largest absolute Gasteiger partial charge is 0.360 e. The van der Waals surface area contributed by atoms with Crippen LogP contribution in [0.2, 0.25) is 0 Å². The van der Waals surface area contributed by atoms with E-state index in [2.05, 4.69) is 9.88 Å². The minimum Gasteiger partial charge on any atom is -0.360 e. The first-order valence-electron chi connectivity index (χ1n) is 5.30. The zero-order valence-electron chi connectivity index (χ0n) is 9.54. The van der Waals surface area contributed by atoms with Gasteiger partial charge >= 0.3 is 0 Å². The lowest BCUT2D eigenvalue weighted by Gasteiger charge is -2.06. The van der Waals surface area contributed by atoms with E-state index in [9.17, 15) is 8.42 Å². The van der Waals surface area contributed by atoms with Gasteiger partial charge in [-0.3, -0.25) is 0 Å². The molecule has 0 radical (unpaired) electrons. The molecule has 1 heterocycles. The molecule has 0 atom stereocenters. The fourth-order valence-electron chi connectivity index (χ4n) is 1.42. The average molecular weight is 267 g/mol. The summed E-state index contributed by atoms with van der Waals surface area (Å²) in [5.74, 6) is 0.452. The molecule has 96 valence electrons. The Balaban J connectivity index is 2.14. The van der Waals surface area contributed by atoms with Crippen molar-refractivity contribution in [1.82, 2.24) is 9.88 Å². The Morgan fingerprint density at radius 3 is 2.83 bits per heavy atom. The Hall–Kier alpha value is -1.70. The summed E-state index contributed by atoms with van der Waals surface area (Å²) < 4.78 is 31.2. The molecule has 0 amide bonds. The van der Waals surface area contributed by atoms with Gasteiger partial charge in [-0.05, 0) is 17.7 Å². The zero-order valence-corrected chi connectivity index (χ0v) is 10.4. The molecule has 6 nitrogen and oxygen atoms in total. The van der Waals surface area contributed by atoms with Crippen LogP contribution in [0, 0.1) is 0 Å². The molecule has 0 aliphatic rings. The van der Waals surface area contributed by atoms with Gasteiger partial charge in [0.25, 0.3) is 0 Å². The normalized spacial score (nSPS) is 11.6. The van der Waals surface area contributed by atoms with Crippen LogP contribution in [0.25, 0.3) is 0 Å². The van der Waals surface area contributed by atoms with E-state index < -0.39 is 10.0 Å². The van der Waals surface area contributed by atoms with Gasteiger partial charge in [0.1, 0.15) is 0 Å². The van der Waals surface area contributed by atoms with E-state index in [0.717, 1.165) is 5.56 Å². The third kappa shape index (κ3) is 2.95. The summed E-state index contributed by atoms with van der Waals surface area (Å²) in [5, 5.41) is 3.50. The first-order valence-corrected chi connectivity index (χ1v) is 6.78. The molecule has 1 aromatic carbocycles. The number of benzene rings is 1. The third-order valence-corrected chi connectivity index (χ3v) is 3.77. The van der Waals surface area contributed by atoms with Crippen LogP contribution in [0.4, 0.5) is 0 Å². The number of nitrogens with one attached hydrogen (secondary N) is 1. The first kappa shape index (κ1) is 12.7. The molecule has 0 spiro atoms. The predicted molar refractivity (Wildman–Crippen MR) is 64.9 cm³/mol. The smallest absolute Gasteiger partial charge is 0.240 e. The lowest BCUT2D eigenvalue weighted by atomic mass is 10.2. The standard InChI is InChI=1S/C11H13N3O3S/c12-7-9-2-1-3-11(6-9)18(15,16)14-8-10-4-5-13-17-10/h1-6,14H,7-8,12H2. The van der Waals surface area contributed by atoms with Gasteiger partial charge in [0.15, 0.2) is 5.76 Å². The van der Waals surface area contributed by atoms with E-state index in [1.54, 1.807) is 24.3 Å². The first-order chi connectivity index (χ1) is 8.62. The number of aromatic nitrogens is 1. The predicted octanol–water partition coefficient (Wildman–Crippen LogP) is 0.612. The van der Waals surface area contributed by atoms with Gasteiger partial charge in [-0.25, -0.2) is 13.1 Å². The van der Waals surface area contributed by atoms with Gasteiger partial charge in [-0.2, -0.15) is 0 Å². The van der Waals surface area contributed by atoms with Crippen molar-refractivity contribution in [3.8, 4) is 0 Å². The Bertz CT molecular complexity index is 608. The van der Waals surface area contributed by atoms with Crippen LogP contribution in [0.5, 0.6) is 0 Å². The average Bonchev–Trinajstić information content (AvgIpc) is 2.90. The SMILES string of the molecule is NCc1cccc(S(=O)(=O)NCc2ccno2)c1. The third-order valence-electron chi connectivity index (χ3n) is 2.37. The minimum absolute atomic E-state index is 0.0647. The minimum atomic E-state index is -3.56. The molecule has 18 heavy (non-hydrogen) atoms. The molecule has 0 aliphatic carbocycles. The van der Waals surface area contributed by atoms with Crippen molar-refractivity contribution < 1.29 is 12.9 Å². The summed E-state index contributed by atoms with van der Waals surface area (Å²) in [6.45, 7) is 0.362. The highest BCUT2D eigenvalue weighted by Crippen LogP contribution is 2.11. The second kappa shape index (κ2) is 5.30. The lowest BCUT2D eigenvalue weighted by molar-refractivity contribution is 0.380. The molecule has 0 saturated heterocycles. The van der Waals surface area contributed by atoms with E-state index in [1.807, 2.05) is 0 Å². The highest BCUT2D eigenvalue weighted by molar-refractivity contribution is 7.89. The number of sulfonamides is 1. The van der Waals surface area contributed by atoms with Crippen LogP contribution in [-0.4, -0.2) is 13.6 Å². The second-order valence-corrected chi connectivity index (χ2v) is 5.42. The van der Waals surface area contributed by atoms with E-state index in [-0.39, 0.29) is 11.4 Å². The topological polar surface area (TPSA) is 98.2 Å². The molecule has 0 aliphatic heterocycles. The molecule has 0 bridgehead atoms. The molecule has 0 saturated carbocycles. The van der Waals surface area contributed by atoms with Gasteiger partial charge in [-0.1, -0.05) is 17.3 Å². The fourth-order valence-corrected chi connectivity index (χ4v) is 2.49. The maximum absolute atomic E-state index is 12.0. The second-order valence-electron chi connectivity index (χ2n) is 3.65. The molecule has 2 rings (SSSR count). The summed E-state index contributed by atoms with van der Waals surface area (Å²) >= 11 is 0. The molecule has 7 heteroatoms. The summed E-state index contributed by atoms with van der Waals surface area (Å²) in [6, 6.07) is 8.09. The number of nitrogens with zero attached hydrogens (tertiary/aromatic N) is 1. The summed E-state index contributed by atoms with van der Waals surface area (Å²) in [6.07, 6.45) is 1.46. The summed E-state index contributed by atoms with van der Waals surface area (Å²) in [4.78, 5) is 0.185. The van der Waals surface area contributed by atoms with Crippen molar-refractivity contribution >= 4 is 10.0 Å². The quantitative estimate of drug-likeness (QED) is 0.827. The van der Waals surface area contributed by atoms with Gasteiger partial charge < -0.3 is 10.3 Å². The molecular formula is C11H13N3O3S. The molecule has 3 N–H and O–H groups in total. The van der Waals surface area contributed by atoms with Crippen molar-refractivity contribution in [2.24, 2.45) is 5.73 Å². The van der Waals surface area contributed by atoms with Crippen LogP contribution in [0.1, 0.15) is 11.3 Å². The number of rotatable bonds is 5. The molecule has 0 fully saturated rings. The van der Waals surface area contributed by atoms with Crippen molar-refractivity contribution in [3.05, 3.63) is 47.9 Å². The highest BCUT2D eigenvalue weighted by atomic mass is 32.2. The molecular weight excluding hydrogens is 254 g/mol. The van der Waals surface area contributed by atoms with Gasteiger partial charge in [0, 0.05) is 12.6 Å². The van der Waals surface area contributed by atoms with Crippen LogP contribution in [-0.2, 0) is 23.1 Å². The van der Waals surface area contributed by atoms with Crippen molar-refractivity contribution in [1.29, 1.82) is 0 Å². The molecule has 2 aromatic rings. The molecule has 1 aromatic heterocycles. The van der Waals surface area contributed by atoms with Crippen LogP contribution < -0.4 is 10.5 Å². The Morgan fingerprint density at radius 1 is 1.33 bits per heavy atom. The van der Waals surface area contributed by atoms with E-state index in [1.165, 1.54) is 12.3 Å². The molecule has 0 unspecified atom stereocenters. The van der Waals surface area contributed by atoms with Crippen LogP contribution >= 0.6 is 0 Å². The van der Waals surface area contributed by atoms with Crippen molar-refractivity contribution in [2.45, 2.75) is 18.0 Å². The van der Waals surface area contributed by atoms with Crippen LogP contribution in [0.3, 0.4) is 0 Å². The number of nitrogens with two attached hydrogens (primary N) is 1. The summed E-state index contributed by atoms with van der Waals surface area (Å²) in [7, 11) is -3.56. The zero-order chi connectivity index (χ0) is 13.0. The summed E-state index contributed by atoms with van der Waals surface area (Å²) in [5.41, 5.74) is 6.24. The lowest BCUT2D eigenvalue weighted by Crippen LogP contribution is -2.23. The van der Waals surface area contributed by atoms with Crippen molar-refractivity contribution in [2.75, 3.05) is 0 Å². The van der Waals surface area contributed by atoms with Crippen LogP contribution in [0.15, 0.2) is 45.9 Å². The van der Waals surface area contributed by atoms with Gasteiger partial charge in [0.05, 0.1) is 17.6 Å². The highest BCUT2D eigenvalue weighted by Gasteiger charge is 2.14. The monoisotopic (exact) mass is 267 g/mol. The van der Waals surface area contributed by atoms with E-state index in [0.29, 0.717) is 12.3 Å². The Morgan fingerprint density at radius 2 is 2.17 bits per heavy atom. The number of hydrogen-bond acceptors (Lipinski definition) is 5. The van der Waals surface area contributed by atoms with Gasteiger partial charge in [-0.15, -0.1) is 0 Å². The van der Waals surface area contributed by atoms with E-state index >= 15 is 0 Å². The fraction of sp³-hybridized carbons (Fsp3) is 0.182. The van der Waals surface area contributed by atoms with Gasteiger partial charge in [0.2, 0.25) is 10.0 Å². The van der Waals surface area contributed by atoms with E-state index in [4.69, 9.17) is 10.3 Å². The Kier molecular flexibility index (Phi) is 3.75. The number of hydrogen-bond donors (Lipinski definition) is 2.